The van der Waals surface area contributed by atoms with Gasteiger partial charge in [0.1, 0.15) is 12.3 Å². The van der Waals surface area contributed by atoms with Crippen LogP contribution < -0.4 is 16.0 Å². The number of nitrogens with zero attached hydrogens (tertiary/aromatic N) is 2. The number of hydrogen-bond donors (Lipinski definition) is 1. The van der Waals surface area contributed by atoms with E-state index >= 15 is 0 Å². The average molecular weight is 341 g/mol. The number of para-hydroxylation sites is 1. The summed E-state index contributed by atoms with van der Waals surface area (Å²) in [7, 11) is 0. The van der Waals surface area contributed by atoms with E-state index in [-0.39, 0.29) is 17.9 Å². The molecule has 3 heterocycles. The SMILES string of the molecule is Cc1cn(CC(=O)N2CC3(COc4ccccc4C3)C2)c(=O)[nH]c1=O. The molecule has 7 nitrogen and oxygen atoms in total. The molecule has 25 heavy (non-hydrogen) atoms. The molecule has 1 N–H and O–H groups in total. The van der Waals surface area contributed by atoms with Gasteiger partial charge in [0.2, 0.25) is 5.91 Å². The molecule has 4 rings (SSSR count). The lowest BCUT2D eigenvalue weighted by atomic mass is 9.74. The number of benzene rings is 1. The minimum atomic E-state index is -0.561. The van der Waals surface area contributed by atoms with Gasteiger partial charge in [0.15, 0.2) is 0 Å². The second-order valence-electron chi connectivity index (χ2n) is 7.02. The first-order valence-electron chi connectivity index (χ1n) is 8.25. The van der Waals surface area contributed by atoms with Crippen LogP contribution in [0.3, 0.4) is 0 Å². The summed E-state index contributed by atoms with van der Waals surface area (Å²) in [5.74, 6) is 0.797. The van der Waals surface area contributed by atoms with Crippen LogP contribution >= 0.6 is 0 Å². The highest BCUT2D eigenvalue weighted by Gasteiger charge is 2.47. The van der Waals surface area contributed by atoms with Crippen LogP contribution in [-0.4, -0.2) is 40.1 Å². The van der Waals surface area contributed by atoms with Crippen molar-refractivity contribution in [3.63, 3.8) is 0 Å². The summed E-state index contributed by atoms with van der Waals surface area (Å²) in [6.07, 6.45) is 2.32. The lowest BCUT2D eigenvalue weighted by molar-refractivity contribution is -0.147. The molecule has 1 spiro atoms. The topological polar surface area (TPSA) is 84.4 Å². The normalized spacial score (nSPS) is 17.6. The maximum Gasteiger partial charge on any atom is 0.328 e. The molecule has 7 heteroatoms. The van der Waals surface area contributed by atoms with Crippen LogP contribution in [0.5, 0.6) is 5.75 Å². The molecule has 0 bridgehead atoms. The zero-order valence-electron chi connectivity index (χ0n) is 13.9. The van der Waals surface area contributed by atoms with E-state index < -0.39 is 11.2 Å². The van der Waals surface area contributed by atoms with Gasteiger partial charge in [-0.3, -0.25) is 19.1 Å². The van der Waals surface area contributed by atoms with Gasteiger partial charge in [0.05, 0.1) is 6.61 Å². The lowest BCUT2D eigenvalue weighted by Crippen LogP contribution is -2.63. The van der Waals surface area contributed by atoms with Gasteiger partial charge < -0.3 is 9.64 Å². The van der Waals surface area contributed by atoms with Gasteiger partial charge in [-0.05, 0) is 25.0 Å². The average Bonchev–Trinajstić information content (AvgIpc) is 2.57. The largest absolute Gasteiger partial charge is 0.493 e. The number of ether oxygens (including phenoxy) is 1. The zero-order chi connectivity index (χ0) is 17.6. The van der Waals surface area contributed by atoms with E-state index in [1.54, 1.807) is 11.8 Å². The molecule has 0 unspecified atom stereocenters. The van der Waals surface area contributed by atoms with Gasteiger partial charge in [-0.15, -0.1) is 0 Å². The number of carbonyl (C=O) groups is 1. The number of aromatic nitrogens is 2. The third kappa shape index (κ3) is 2.75. The molecule has 1 fully saturated rings. The number of nitrogens with one attached hydrogen (secondary N) is 1. The number of rotatable bonds is 2. The van der Waals surface area contributed by atoms with E-state index in [4.69, 9.17) is 4.74 Å². The Hall–Kier alpha value is -2.83. The number of hydrogen-bond acceptors (Lipinski definition) is 4. The van der Waals surface area contributed by atoms with Crippen molar-refractivity contribution < 1.29 is 9.53 Å². The van der Waals surface area contributed by atoms with Crippen LogP contribution in [0.1, 0.15) is 11.1 Å². The number of fused-ring (bicyclic) bond motifs is 1. The molecule has 1 aromatic carbocycles. The van der Waals surface area contributed by atoms with Gasteiger partial charge in [-0.1, -0.05) is 18.2 Å². The van der Waals surface area contributed by atoms with Crippen LogP contribution in [0, 0.1) is 12.3 Å². The number of aromatic amines is 1. The predicted molar refractivity (Wildman–Crippen MR) is 90.7 cm³/mol. The molecule has 1 saturated heterocycles. The Morgan fingerprint density at radius 1 is 1.28 bits per heavy atom. The monoisotopic (exact) mass is 341 g/mol. The van der Waals surface area contributed by atoms with Crippen molar-refractivity contribution in [2.45, 2.75) is 19.9 Å². The first-order chi connectivity index (χ1) is 12.0. The van der Waals surface area contributed by atoms with Gasteiger partial charge >= 0.3 is 5.69 Å². The Morgan fingerprint density at radius 2 is 2.04 bits per heavy atom. The number of carbonyl (C=O) groups excluding carboxylic acids is 1. The third-order valence-corrected chi connectivity index (χ3v) is 4.97. The lowest BCUT2D eigenvalue weighted by Gasteiger charge is -2.51. The van der Waals surface area contributed by atoms with E-state index in [1.807, 2.05) is 18.2 Å². The fourth-order valence-corrected chi connectivity index (χ4v) is 3.60. The molecule has 2 aromatic rings. The molecular formula is C18H19N3O4. The van der Waals surface area contributed by atoms with Crippen LogP contribution in [0.15, 0.2) is 40.1 Å². The molecule has 1 amide bonds. The van der Waals surface area contributed by atoms with Crippen LogP contribution in [0.2, 0.25) is 0 Å². The standard InChI is InChI=1S/C18H19N3O4/c1-12-7-20(17(24)19-16(12)23)8-15(22)21-9-18(10-21)6-13-4-2-3-5-14(13)25-11-18/h2-5,7H,6,8-11H2,1H3,(H,19,23,24). The third-order valence-electron chi connectivity index (χ3n) is 4.97. The highest BCUT2D eigenvalue weighted by molar-refractivity contribution is 5.77. The summed E-state index contributed by atoms with van der Waals surface area (Å²) in [6, 6.07) is 7.98. The minimum Gasteiger partial charge on any atom is -0.493 e. The van der Waals surface area contributed by atoms with Crippen LogP contribution in [0.4, 0.5) is 0 Å². The predicted octanol–water partition coefficient (Wildman–Crippen LogP) is 0.309. The Morgan fingerprint density at radius 3 is 2.84 bits per heavy atom. The quantitative estimate of drug-likeness (QED) is 0.852. The van der Waals surface area contributed by atoms with Gasteiger partial charge in [-0.2, -0.15) is 0 Å². The Balaban J connectivity index is 1.43. The molecule has 0 radical (unpaired) electrons. The van der Waals surface area contributed by atoms with E-state index in [9.17, 15) is 14.4 Å². The van der Waals surface area contributed by atoms with Crippen molar-refractivity contribution in [1.29, 1.82) is 0 Å². The highest BCUT2D eigenvalue weighted by atomic mass is 16.5. The second-order valence-corrected chi connectivity index (χ2v) is 7.02. The Bertz CT molecular complexity index is 953. The van der Waals surface area contributed by atoms with Crippen LogP contribution in [-0.2, 0) is 17.8 Å². The van der Waals surface area contributed by atoms with E-state index in [0.29, 0.717) is 25.3 Å². The molecule has 0 aliphatic carbocycles. The number of amides is 1. The van der Waals surface area contributed by atoms with Crippen molar-refractivity contribution in [1.82, 2.24) is 14.5 Å². The second kappa shape index (κ2) is 5.61. The smallest absolute Gasteiger partial charge is 0.328 e. The first kappa shape index (κ1) is 15.7. The van der Waals surface area contributed by atoms with Crippen LogP contribution in [0.25, 0.3) is 0 Å². The molecular weight excluding hydrogens is 322 g/mol. The van der Waals surface area contributed by atoms with Crippen molar-refractivity contribution in [3.8, 4) is 5.75 Å². The number of aryl methyl sites for hydroxylation is 1. The maximum absolute atomic E-state index is 12.4. The molecule has 2 aliphatic heterocycles. The van der Waals surface area contributed by atoms with Crippen molar-refractivity contribution >= 4 is 5.91 Å². The van der Waals surface area contributed by atoms with Crippen molar-refractivity contribution in [2.75, 3.05) is 19.7 Å². The van der Waals surface area contributed by atoms with E-state index in [2.05, 4.69) is 11.1 Å². The maximum atomic E-state index is 12.4. The molecule has 130 valence electrons. The summed E-state index contributed by atoms with van der Waals surface area (Å²) in [4.78, 5) is 39.6. The molecule has 2 aliphatic rings. The van der Waals surface area contributed by atoms with E-state index in [0.717, 1.165) is 12.2 Å². The Kier molecular flexibility index (Phi) is 3.52. The molecule has 0 saturated carbocycles. The van der Waals surface area contributed by atoms with E-state index in [1.165, 1.54) is 16.3 Å². The van der Waals surface area contributed by atoms with Crippen molar-refractivity contribution in [3.05, 3.63) is 62.4 Å². The van der Waals surface area contributed by atoms with Gasteiger partial charge in [-0.25, -0.2) is 4.79 Å². The number of H-pyrrole nitrogens is 1. The Labute approximate surface area is 143 Å². The van der Waals surface area contributed by atoms with Gasteiger partial charge in [0, 0.05) is 30.3 Å². The minimum absolute atomic E-state index is 0.0319. The summed E-state index contributed by atoms with van der Waals surface area (Å²) in [5, 5.41) is 0. The zero-order valence-corrected chi connectivity index (χ0v) is 13.9. The number of likely N-dealkylation sites (tertiary alicyclic amines) is 1. The van der Waals surface area contributed by atoms with Gasteiger partial charge in [0.25, 0.3) is 5.56 Å². The molecule has 0 atom stereocenters. The van der Waals surface area contributed by atoms with Crippen molar-refractivity contribution in [2.24, 2.45) is 5.41 Å². The first-order valence-corrected chi connectivity index (χ1v) is 8.25. The fraction of sp³-hybridized carbons (Fsp3) is 0.389. The summed E-state index contributed by atoms with van der Waals surface area (Å²) in [5.41, 5.74) is 0.567. The summed E-state index contributed by atoms with van der Waals surface area (Å²) in [6.45, 7) is 3.39. The molecule has 1 aromatic heterocycles. The highest BCUT2D eigenvalue weighted by Crippen LogP contribution is 2.40. The summed E-state index contributed by atoms with van der Waals surface area (Å²) < 4.78 is 7.09. The fourth-order valence-electron chi connectivity index (χ4n) is 3.60. The summed E-state index contributed by atoms with van der Waals surface area (Å²) >= 11 is 0.